The molecule has 1 aromatic carbocycles. The molecule has 1 aromatic heterocycles. The molecule has 1 fully saturated rings. The molecule has 0 radical (unpaired) electrons. The molecule has 1 N–H and O–H groups in total. The fourth-order valence-electron chi connectivity index (χ4n) is 3.00. The van der Waals surface area contributed by atoms with E-state index in [1.54, 1.807) is 30.3 Å². The van der Waals surface area contributed by atoms with Gasteiger partial charge in [0, 0.05) is 32.7 Å². The van der Waals surface area contributed by atoms with E-state index in [0.29, 0.717) is 38.3 Å². The van der Waals surface area contributed by atoms with Gasteiger partial charge in [0.15, 0.2) is 5.76 Å². The third kappa shape index (κ3) is 4.86. The fraction of sp³-hybridized carbons (Fsp3) is 0.389. The first kappa shape index (κ1) is 19.4. The number of furan rings is 1. The van der Waals surface area contributed by atoms with Gasteiger partial charge >= 0.3 is 0 Å². The molecule has 146 valence electrons. The zero-order valence-corrected chi connectivity index (χ0v) is 15.6. The highest BCUT2D eigenvalue weighted by molar-refractivity contribution is 7.89. The molecule has 3 rings (SSSR count). The van der Waals surface area contributed by atoms with E-state index in [9.17, 15) is 17.6 Å². The molecule has 0 aliphatic carbocycles. The van der Waals surface area contributed by atoms with Crippen LogP contribution in [0.1, 0.15) is 17.0 Å². The summed E-state index contributed by atoms with van der Waals surface area (Å²) in [7, 11) is -3.41. The number of halogens is 1. The maximum atomic E-state index is 13.9. The molecule has 2 heterocycles. The van der Waals surface area contributed by atoms with E-state index < -0.39 is 10.0 Å². The van der Waals surface area contributed by atoms with Gasteiger partial charge < -0.3 is 14.6 Å². The molecule has 7 nitrogen and oxygen atoms in total. The predicted octanol–water partition coefficient (Wildman–Crippen LogP) is 1.69. The van der Waals surface area contributed by atoms with Crippen LogP contribution < -0.4 is 10.2 Å². The predicted molar refractivity (Wildman–Crippen MR) is 99.6 cm³/mol. The number of amides is 1. The van der Waals surface area contributed by atoms with Gasteiger partial charge in [-0.2, -0.15) is 4.31 Å². The van der Waals surface area contributed by atoms with Crippen LogP contribution in [0.3, 0.4) is 0 Å². The van der Waals surface area contributed by atoms with Gasteiger partial charge in [0.2, 0.25) is 10.0 Å². The number of nitrogens with one attached hydrogen (secondary N) is 1. The van der Waals surface area contributed by atoms with Crippen LogP contribution in [0.25, 0.3) is 0 Å². The molecule has 1 aliphatic heterocycles. The molecule has 0 saturated carbocycles. The normalized spacial score (nSPS) is 15.7. The number of piperazine rings is 1. The van der Waals surface area contributed by atoms with Crippen molar-refractivity contribution in [2.24, 2.45) is 0 Å². The second-order valence-electron chi connectivity index (χ2n) is 6.24. The van der Waals surface area contributed by atoms with E-state index in [-0.39, 0.29) is 29.8 Å². The van der Waals surface area contributed by atoms with Crippen LogP contribution in [-0.4, -0.2) is 57.1 Å². The number of carbonyl (C=O) groups excluding carboxylic acids is 1. The zero-order valence-electron chi connectivity index (χ0n) is 14.8. The first-order valence-electron chi connectivity index (χ1n) is 8.76. The highest BCUT2D eigenvalue weighted by Crippen LogP contribution is 2.21. The number of hydrogen-bond acceptors (Lipinski definition) is 5. The van der Waals surface area contributed by atoms with Crippen LogP contribution in [0, 0.1) is 5.82 Å². The highest BCUT2D eigenvalue weighted by Gasteiger charge is 2.27. The van der Waals surface area contributed by atoms with Crippen molar-refractivity contribution in [2.75, 3.05) is 43.4 Å². The molecular formula is C18H22FN3O4S. The second kappa shape index (κ2) is 8.53. The Bertz CT molecular complexity index is 862. The highest BCUT2D eigenvalue weighted by atomic mass is 32.2. The van der Waals surface area contributed by atoms with Crippen LogP contribution in [0.2, 0.25) is 0 Å². The van der Waals surface area contributed by atoms with Gasteiger partial charge in [0.25, 0.3) is 5.91 Å². The van der Waals surface area contributed by atoms with Crippen molar-refractivity contribution in [3.63, 3.8) is 0 Å². The SMILES string of the molecule is O=C(NCCCS(=O)(=O)N1CCN(c2ccccc2F)CC1)c1ccco1. The van der Waals surface area contributed by atoms with Crippen molar-refractivity contribution in [1.29, 1.82) is 0 Å². The Hall–Kier alpha value is -2.39. The summed E-state index contributed by atoms with van der Waals surface area (Å²) < 4.78 is 45.2. The lowest BCUT2D eigenvalue weighted by Crippen LogP contribution is -2.49. The monoisotopic (exact) mass is 395 g/mol. The smallest absolute Gasteiger partial charge is 0.286 e. The lowest BCUT2D eigenvalue weighted by molar-refractivity contribution is 0.0926. The molecule has 1 saturated heterocycles. The number of benzene rings is 1. The number of hydrogen-bond donors (Lipinski definition) is 1. The summed E-state index contributed by atoms with van der Waals surface area (Å²) >= 11 is 0. The number of para-hydroxylation sites is 1. The number of rotatable bonds is 7. The largest absolute Gasteiger partial charge is 0.459 e. The summed E-state index contributed by atoms with van der Waals surface area (Å²) in [4.78, 5) is 13.6. The van der Waals surface area contributed by atoms with Crippen molar-refractivity contribution < 1.29 is 22.0 Å². The Kier molecular flexibility index (Phi) is 6.12. The Morgan fingerprint density at radius 3 is 2.52 bits per heavy atom. The van der Waals surface area contributed by atoms with Crippen molar-refractivity contribution >= 4 is 21.6 Å². The molecular weight excluding hydrogens is 373 g/mol. The molecule has 0 spiro atoms. The Balaban J connectivity index is 1.44. The maximum Gasteiger partial charge on any atom is 0.286 e. The molecule has 9 heteroatoms. The van der Waals surface area contributed by atoms with Crippen LogP contribution in [-0.2, 0) is 10.0 Å². The van der Waals surface area contributed by atoms with Gasteiger partial charge in [0.1, 0.15) is 5.82 Å². The van der Waals surface area contributed by atoms with Crippen molar-refractivity contribution in [3.05, 3.63) is 54.2 Å². The molecule has 0 unspecified atom stereocenters. The van der Waals surface area contributed by atoms with Gasteiger partial charge in [-0.25, -0.2) is 12.8 Å². The molecule has 1 amide bonds. The first-order valence-corrected chi connectivity index (χ1v) is 10.4. The van der Waals surface area contributed by atoms with E-state index in [0.717, 1.165) is 0 Å². The average molecular weight is 395 g/mol. The summed E-state index contributed by atoms with van der Waals surface area (Å²) in [5.41, 5.74) is 0.496. The van der Waals surface area contributed by atoms with Gasteiger partial charge in [-0.3, -0.25) is 4.79 Å². The maximum absolute atomic E-state index is 13.9. The second-order valence-corrected chi connectivity index (χ2v) is 8.33. The van der Waals surface area contributed by atoms with Gasteiger partial charge in [-0.05, 0) is 30.7 Å². The Morgan fingerprint density at radius 2 is 1.85 bits per heavy atom. The van der Waals surface area contributed by atoms with E-state index in [1.807, 2.05) is 4.90 Å². The van der Waals surface area contributed by atoms with E-state index in [4.69, 9.17) is 4.42 Å². The Labute approximate surface area is 157 Å². The minimum atomic E-state index is -3.41. The summed E-state index contributed by atoms with van der Waals surface area (Å²) in [6, 6.07) is 9.64. The zero-order chi connectivity index (χ0) is 19.3. The van der Waals surface area contributed by atoms with Crippen molar-refractivity contribution in [2.45, 2.75) is 6.42 Å². The topological polar surface area (TPSA) is 82.9 Å². The average Bonchev–Trinajstić information content (AvgIpc) is 3.20. The van der Waals surface area contributed by atoms with Crippen LogP contribution in [0.15, 0.2) is 47.1 Å². The molecule has 0 bridgehead atoms. The third-order valence-electron chi connectivity index (χ3n) is 4.43. The summed E-state index contributed by atoms with van der Waals surface area (Å²) in [5, 5.41) is 2.63. The molecule has 2 aromatic rings. The quantitative estimate of drug-likeness (QED) is 0.722. The van der Waals surface area contributed by atoms with Gasteiger partial charge in [0.05, 0.1) is 17.7 Å². The molecule has 27 heavy (non-hydrogen) atoms. The van der Waals surface area contributed by atoms with E-state index >= 15 is 0 Å². The number of sulfonamides is 1. The minimum Gasteiger partial charge on any atom is -0.459 e. The molecule has 0 atom stereocenters. The summed E-state index contributed by atoms with van der Waals surface area (Å²) in [5.74, 6) is -0.523. The first-order chi connectivity index (χ1) is 13.0. The van der Waals surface area contributed by atoms with Crippen LogP contribution in [0.5, 0.6) is 0 Å². The van der Waals surface area contributed by atoms with Gasteiger partial charge in [-0.1, -0.05) is 12.1 Å². The lowest BCUT2D eigenvalue weighted by Gasteiger charge is -2.35. The van der Waals surface area contributed by atoms with Crippen LogP contribution in [0.4, 0.5) is 10.1 Å². The number of anilines is 1. The Morgan fingerprint density at radius 1 is 1.11 bits per heavy atom. The summed E-state index contributed by atoms with van der Waals surface area (Å²) in [6.45, 7) is 1.75. The van der Waals surface area contributed by atoms with Crippen molar-refractivity contribution in [1.82, 2.24) is 9.62 Å². The van der Waals surface area contributed by atoms with Gasteiger partial charge in [-0.15, -0.1) is 0 Å². The minimum absolute atomic E-state index is 0.0505. The van der Waals surface area contributed by atoms with E-state index in [1.165, 1.54) is 16.6 Å². The fourth-order valence-corrected chi connectivity index (χ4v) is 4.48. The standard InChI is InChI=1S/C18H22FN3O4S/c19-15-5-1-2-6-16(15)21-9-11-22(12-10-21)27(24,25)14-4-8-20-18(23)17-7-3-13-26-17/h1-3,5-7,13H,4,8-12,14H2,(H,20,23). The number of carbonyl (C=O) groups is 1. The van der Waals surface area contributed by atoms with Crippen molar-refractivity contribution in [3.8, 4) is 0 Å². The molecule has 1 aliphatic rings. The van der Waals surface area contributed by atoms with Crippen LogP contribution >= 0.6 is 0 Å². The lowest BCUT2D eigenvalue weighted by atomic mass is 10.2. The summed E-state index contributed by atoms with van der Waals surface area (Å²) in [6.07, 6.45) is 1.71. The number of nitrogens with zero attached hydrogens (tertiary/aromatic N) is 2. The van der Waals surface area contributed by atoms with E-state index in [2.05, 4.69) is 5.32 Å². The third-order valence-corrected chi connectivity index (χ3v) is 6.39.